The number of rotatable bonds is 7. The number of aryl methyl sites for hydroxylation is 1. The molecule has 0 aliphatic rings. The zero-order valence-corrected chi connectivity index (χ0v) is 12.1. The molecule has 0 spiro atoms. The second-order valence-corrected chi connectivity index (χ2v) is 5.07. The van der Waals surface area contributed by atoms with Crippen molar-refractivity contribution in [2.75, 3.05) is 20.2 Å². The van der Waals surface area contributed by atoms with Crippen LogP contribution in [0.25, 0.3) is 0 Å². The van der Waals surface area contributed by atoms with Gasteiger partial charge >= 0.3 is 5.97 Å². The Morgan fingerprint density at radius 2 is 2.16 bits per heavy atom. The molecule has 0 unspecified atom stereocenters. The van der Waals surface area contributed by atoms with E-state index in [4.69, 9.17) is 9.84 Å². The van der Waals surface area contributed by atoms with Gasteiger partial charge in [0.15, 0.2) is 0 Å². The fourth-order valence-electron chi connectivity index (χ4n) is 1.61. The van der Waals surface area contributed by atoms with Crippen LogP contribution in [0.2, 0.25) is 0 Å². The van der Waals surface area contributed by atoms with E-state index in [-0.39, 0.29) is 18.9 Å². The molecular formula is C12H18N2O4S. The number of nitrogens with zero attached hydrogens (tertiary/aromatic N) is 2. The van der Waals surface area contributed by atoms with E-state index in [9.17, 15) is 9.59 Å². The fourth-order valence-corrected chi connectivity index (χ4v) is 2.62. The molecule has 1 aromatic rings. The lowest BCUT2D eigenvalue weighted by Crippen LogP contribution is -2.32. The number of methoxy groups -OCH3 is 1. The third kappa shape index (κ3) is 4.29. The highest BCUT2D eigenvalue weighted by molar-refractivity contribution is 7.13. The van der Waals surface area contributed by atoms with Gasteiger partial charge in [0.1, 0.15) is 9.88 Å². The average Bonchev–Trinajstić information content (AvgIpc) is 2.71. The topological polar surface area (TPSA) is 79.7 Å². The van der Waals surface area contributed by atoms with Crippen LogP contribution >= 0.6 is 11.3 Å². The Balaban J connectivity index is 2.81. The van der Waals surface area contributed by atoms with E-state index in [2.05, 4.69) is 4.98 Å². The average molecular weight is 286 g/mol. The van der Waals surface area contributed by atoms with Crippen LogP contribution in [0.15, 0.2) is 0 Å². The summed E-state index contributed by atoms with van der Waals surface area (Å²) in [7, 11) is 1.57. The molecule has 0 radical (unpaired) electrons. The number of hydrogen-bond acceptors (Lipinski definition) is 5. The van der Waals surface area contributed by atoms with Crippen molar-refractivity contribution in [1.29, 1.82) is 0 Å². The number of carbonyl (C=O) groups excluding carboxylic acids is 1. The molecule has 0 atom stereocenters. The number of thiazole rings is 1. The molecular weight excluding hydrogens is 268 g/mol. The van der Waals surface area contributed by atoms with Crippen molar-refractivity contribution in [1.82, 2.24) is 9.88 Å². The van der Waals surface area contributed by atoms with Gasteiger partial charge in [-0.15, -0.1) is 11.3 Å². The Labute approximate surface area is 116 Å². The molecule has 1 aromatic heterocycles. The number of ether oxygens (including phenoxy) is 1. The molecule has 0 saturated heterocycles. The molecule has 1 heterocycles. The van der Waals surface area contributed by atoms with Crippen molar-refractivity contribution in [3.8, 4) is 0 Å². The van der Waals surface area contributed by atoms with E-state index in [1.54, 1.807) is 14.0 Å². The lowest BCUT2D eigenvalue weighted by molar-refractivity contribution is -0.137. The minimum absolute atomic E-state index is 0.0532. The zero-order chi connectivity index (χ0) is 14.4. The monoisotopic (exact) mass is 286 g/mol. The lowest BCUT2D eigenvalue weighted by atomic mass is 10.3. The Hall–Kier alpha value is -1.47. The molecule has 0 aliphatic heterocycles. The van der Waals surface area contributed by atoms with Crippen molar-refractivity contribution in [2.24, 2.45) is 0 Å². The largest absolute Gasteiger partial charge is 0.481 e. The first kappa shape index (κ1) is 15.6. The number of aliphatic carboxylic acids is 1. The van der Waals surface area contributed by atoms with E-state index in [0.29, 0.717) is 23.7 Å². The molecule has 0 saturated carbocycles. The van der Waals surface area contributed by atoms with Crippen molar-refractivity contribution >= 4 is 23.2 Å². The highest BCUT2D eigenvalue weighted by atomic mass is 32.1. The van der Waals surface area contributed by atoms with E-state index in [1.807, 2.05) is 6.92 Å². The van der Waals surface area contributed by atoms with Gasteiger partial charge in [0.25, 0.3) is 5.91 Å². The molecule has 1 rings (SSSR count). The molecule has 0 bridgehead atoms. The van der Waals surface area contributed by atoms with E-state index >= 15 is 0 Å². The van der Waals surface area contributed by atoms with Crippen molar-refractivity contribution in [2.45, 2.75) is 26.9 Å². The van der Waals surface area contributed by atoms with Crippen LogP contribution in [0.3, 0.4) is 0 Å². The zero-order valence-electron chi connectivity index (χ0n) is 11.3. The van der Waals surface area contributed by atoms with Crippen molar-refractivity contribution in [3.05, 3.63) is 15.6 Å². The van der Waals surface area contributed by atoms with Crippen LogP contribution in [-0.2, 0) is 16.1 Å². The summed E-state index contributed by atoms with van der Waals surface area (Å²) in [5, 5.41) is 9.42. The number of carboxylic acid groups (broad SMARTS) is 1. The van der Waals surface area contributed by atoms with Gasteiger partial charge < -0.3 is 14.7 Å². The van der Waals surface area contributed by atoms with Crippen LogP contribution in [0, 0.1) is 6.92 Å². The maximum absolute atomic E-state index is 12.3. The number of hydrogen-bond donors (Lipinski definition) is 1. The van der Waals surface area contributed by atoms with E-state index in [0.717, 1.165) is 5.01 Å². The molecule has 7 heteroatoms. The summed E-state index contributed by atoms with van der Waals surface area (Å²) in [4.78, 5) is 29.2. The van der Waals surface area contributed by atoms with Gasteiger partial charge in [-0.2, -0.15) is 0 Å². The van der Waals surface area contributed by atoms with Crippen LogP contribution in [-0.4, -0.2) is 47.1 Å². The minimum atomic E-state index is -0.910. The number of carbonyl (C=O) groups is 2. The van der Waals surface area contributed by atoms with Crippen LogP contribution in [0.1, 0.15) is 33.7 Å². The Morgan fingerprint density at radius 3 is 2.68 bits per heavy atom. The van der Waals surface area contributed by atoms with E-state index < -0.39 is 5.97 Å². The van der Waals surface area contributed by atoms with Gasteiger partial charge in [-0.05, 0) is 13.8 Å². The third-order valence-electron chi connectivity index (χ3n) is 2.57. The number of aromatic nitrogens is 1. The maximum atomic E-state index is 12.3. The normalized spacial score (nSPS) is 10.5. The summed E-state index contributed by atoms with van der Waals surface area (Å²) in [5.41, 5.74) is 0.663. The first-order chi connectivity index (χ1) is 8.99. The molecule has 0 aromatic carbocycles. The first-order valence-electron chi connectivity index (χ1n) is 5.95. The molecule has 0 fully saturated rings. The molecule has 1 N–H and O–H groups in total. The standard InChI is InChI=1S/C12H18N2O4S/c1-4-14(6-5-10(15)16)12(17)11-8(2)13-9(19-11)7-18-3/h4-7H2,1-3H3,(H,15,16). The second kappa shape index (κ2) is 7.20. The van der Waals surface area contributed by atoms with Crippen LogP contribution in [0.4, 0.5) is 0 Å². The lowest BCUT2D eigenvalue weighted by Gasteiger charge is -2.19. The highest BCUT2D eigenvalue weighted by Crippen LogP contribution is 2.20. The summed E-state index contributed by atoms with van der Waals surface area (Å²) in [5.74, 6) is -1.08. The summed E-state index contributed by atoms with van der Waals surface area (Å²) in [6, 6.07) is 0. The maximum Gasteiger partial charge on any atom is 0.305 e. The SMILES string of the molecule is CCN(CCC(=O)O)C(=O)c1sc(COC)nc1C. The summed E-state index contributed by atoms with van der Waals surface area (Å²) in [6.07, 6.45) is -0.0532. The van der Waals surface area contributed by atoms with Crippen LogP contribution < -0.4 is 0 Å². The summed E-state index contributed by atoms with van der Waals surface area (Å²) in [6.45, 7) is 4.66. The van der Waals surface area contributed by atoms with Gasteiger partial charge in [0.05, 0.1) is 18.7 Å². The van der Waals surface area contributed by atoms with Crippen molar-refractivity contribution in [3.63, 3.8) is 0 Å². The molecule has 6 nitrogen and oxygen atoms in total. The van der Waals surface area contributed by atoms with Gasteiger partial charge in [-0.3, -0.25) is 9.59 Å². The summed E-state index contributed by atoms with van der Waals surface area (Å²) < 4.78 is 4.99. The van der Waals surface area contributed by atoms with Gasteiger partial charge in [-0.25, -0.2) is 4.98 Å². The number of carboxylic acids is 1. The van der Waals surface area contributed by atoms with Crippen molar-refractivity contribution < 1.29 is 19.4 Å². The van der Waals surface area contributed by atoms with Gasteiger partial charge in [0.2, 0.25) is 0 Å². The quantitative estimate of drug-likeness (QED) is 0.822. The van der Waals surface area contributed by atoms with E-state index in [1.165, 1.54) is 16.2 Å². The predicted molar refractivity (Wildman–Crippen MR) is 71.4 cm³/mol. The first-order valence-corrected chi connectivity index (χ1v) is 6.77. The minimum Gasteiger partial charge on any atom is -0.481 e. The molecule has 19 heavy (non-hydrogen) atoms. The van der Waals surface area contributed by atoms with Gasteiger partial charge in [0, 0.05) is 20.2 Å². The Bertz CT molecular complexity index is 459. The third-order valence-corrected chi connectivity index (χ3v) is 3.69. The second-order valence-electron chi connectivity index (χ2n) is 3.98. The molecule has 1 amide bonds. The Morgan fingerprint density at radius 1 is 1.47 bits per heavy atom. The summed E-state index contributed by atoms with van der Waals surface area (Å²) >= 11 is 1.30. The molecule has 106 valence electrons. The number of amides is 1. The Kier molecular flexibility index (Phi) is 5.91. The smallest absolute Gasteiger partial charge is 0.305 e. The highest BCUT2D eigenvalue weighted by Gasteiger charge is 2.20. The van der Waals surface area contributed by atoms with Crippen LogP contribution in [0.5, 0.6) is 0 Å². The predicted octanol–water partition coefficient (Wildman–Crippen LogP) is 1.53. The van der Waals surface area contributed by atoms with Gasteiger partial charge in [-0.1, -0.05) is 0 Å². The fraction of sp³-hybridized carbons (Fsp3) is 0.583. The molecule has 0 aliphatic carbocycles.